The highest BCUT2D eigenvalue weighted by atomic mass is 15.2. The van der Waals surface area contributed by atoms with E-state index in [2.05, 4.69) is 78.9 Å². The quantitative estimate of drug-likeness (QED) is 0.643. The molecule has 1 aliphatic rings. The fourth-order valence-electron chi connectivity index (χ4n) is 4.50. The van der Waals surface area contributed by atoms with Crippen molar-refractivity contribution in [2.24, 2.45) is 0 Å². The van der Waals surface area contributed by atoms with E-state index in [0.717, 1.165) is 25.9 Å². The van der Waals surface area contributed by atoms with Crippen molar-refractivity contribution < 1.29 is 0 Å². The molecule has 0 spiro atoms. The van der Waals surface area contributed by atoms with Gasteiger partial charge in [-0.2, -0.15) is 0 Å². The Bertz CT molecular complexity index is 876. The maximum absolute atomic E-state index is 2.60. The van der Waals surface area contributed by atoms with Crippen LogP contribution in [0.15, 0.2) is 48.5 Å². The molecule has 0 radical (unpaired) electrons. The Morgan fingerprint density at radius 1 is 1.08 bits per heavy atom. The molecule has 0 N–H and O–H groups in total. The number of fused-ring (bicyclic) bond motifs is 3. The number of aryl methyl sites for hydroxylation is 3. The fraction of sp³-hybridized carbons (Fsp3) is 0.391. The lowest BCUT2D eigenvalue weighted by atomic mass is 9.94. The van der Waals surface area contributed by atoms with Crippen molar-refractivity contribution >= 4 is 10.9 Å². The van der Waals surface area contributed by atoms with Gasteiger partial charge in [-0.25, -0.2) is 0 Å². The molecule has 0 fully saturated rings. The van der Waals surface area contributed by atoms with Crippen molar-refractivity contribution in [2.75, 3.05) is 13.6 Å². The normalized spacial score (nSPS) is 17.8. The molecule has 1 unspecified atom stereocenters. The second-order valence-electron chi connectivity index (χ2n) is 7.42. The number of benzene rings is 2. The smallest absolute Gasteiger partial charge is 0.0486 e. The molecule has 0 aliphatic carbocycles. The molecule has 2 aromatic carbocycles. The molecule has 2 heteroatoms. The lowest BCUT2D eigenvalue weighted by Crippen LogP contribution is -2.32. The maximum atomic E-state index is 2.60. The summed E-state index contributed by atoms with van der Waals surface area (Å²) in [7, 11) is 2.28. The third-order valence-electron chi connectivity index (χ3n) is 5.79. The lowest BCUT2D eigenvalue weighted by molar-refractivity contribution is 0.223. The summed E-state index contributed by atoms with van der Waals surface area (Å²) in [5.74, 6) is 0. The highest BCUT2D eigenvalue weighted by Crippen LogP contribution is 2.39. The Kier molecular flexibility index (Phi) is 4.39. The van der Waals surface area contributed by atoms with Crippen LogP contribution in [-0.4, -0.2) is 23.1 Å². The van der Waals surface area contributed by atoms with E-state index in [1.54, 1.807) is 11.3 Å². The van der Waals surface area contributed by atoms with Crippen molar-refractivity contribution in [3.63, 3.8) is 0 Å². The minimum absolute atomic E-state index is 0.547. The summed E-state index contributed by atoms with van der Waals surface area (Å²) in [6, 6.07) is 18.4. The maximum Gasteiger partial charge on any atom is 0.0486 e. The molecule has 0 saturated heterocycles. The van der Waals surface area contributed by atoms with Crippen LogP contribution in [0.5, 0.6) is 0 Å². The van der Waals surface area contributed by atoms with Gasteiger partial charge < -0.3 is 4.57 Å². The molecule has 1 aromatic heterocycles. The van der Waals surface area contributed by atoms with Crippen molar-refractivity contribution in [3.8, 4) is 0 Å². The number of nitrogens with zero attached hydrogens (tertiary/aromatic N) is 2. The van der Waals surface area contributed by atoms with Gasteiger partial charge in [0.1, 0.15) is 0 Å². The number of hydrogen-bond acceptors (Lipinski definition) is 1. The summed E-state index contributed by atoms with van der Waals surface area (Å²) in [4.78, 5) is 2.53. The first kappa shape index (κ1) is 16.4. The Morgan fingerprint density at radius 3 is 2.64 bits per heavy atom. The third kappa shape index (κ3) is 2.89. The van der Waals surface area contributed by atoms with Crippen LogP contribution in [0.25, 0.3) is 10.9 Å². The van der Waals surface area contributed by atoms with E-state index in [-0.39, 0.29) is 0 Å². The molecule has 1 atom stereocenters. The van der Waals surface area contributed by atoms with Crippen LogP contribution < -0.4 is 0 Å². The van der Waals surface area contributed by atoms with Gasteiger partial charge in [0.15, 0.2) is 0 Å². The molecule has 2 heterocycles. The first-order chi connectivity index (χ1) is 12.2. The van der Waals surface area contributed by atoms with E-state index in [1.807, 2.05) is 0 Å². The minimum atomic E-state index is 0.547. The fourth-order valence-corrected chi connectivity index (χ4v) is 4.50. The zero-order valence-corrected chi connectivity index (χ0v) is 15.6. The number of aromatic nitrogens is 1. The van der Waals surface area contributed by atoms with Crippen LogP contribution in [0.1, 0.15) is 41.8 Å². The first-order valence-corrected chi connectivity index (χ1v) is 9.54. The Balaban J connectivity index is 1.81. The van der Waals surface area contributed by atoms with E-state index in [9.17, 15) is 0 Å². The van der Waals surface area contributed by atoms with Crippen LogP contribution in [0, 0.1) is 6.92 Å². The molecule has 1 aliphatic heterocycles. The summed E-state index contributed by atoms with van der Waals surface area (Å²) >= 11 is 0. The van der Waals surface area contributed by atoms with Crippen LogP contribution in [0.3, 0.4) is 0 Å². The van der Waals surface area contributed by atoms with E-state index in [4.69, 9.17) is 0 Å². The summed E-state index contributed by atoms with van der Waals surface area (Å²) < 4.78 is 2.60. The molecule has 0 saturated carbocycles. The lowest BCUT2D eigenvalue weighted by Gasteiger charge is -2.33. The predicted octanol–water partition coefficient (Wildman–Crippen LogP) is 5.13. The van der Waals surface area contributed by atoms with Gasteiger partial charge in [-0.1, -0.05) is 48.9 Å². The second kappa shape index (κ2) is 6.68. The van der Waals surface area contributed by atoms with E-state index >= 15 is 0 Å². The highest BCUT2D eigenvalue weighted by Gasteiger charge is 2.29. The molecule has 130 valence electrons. The number of rotatable bonds is 4. The van der Waals surface area contributed by atoms with Gasteiger partial charge in [-0.3, -0.25) is 4.90 Å². The predicted molar refractivity (Wildman–Crippen MR) is 106 cm³/mol. The van der Waals surface area contributed by atoms with Gasteiger partial charge in [-0.05, 0) is 50.1 Å². The third-order valence-corrected chi connectivity index (χ3v) is 5.79. The van der Waals surface area contributed by atoms with Crippen LogP contribution >= 0.6 is 0 Å². The zero-order valence-electron chi connectivity index (χ0n) is 15.6. The molecule has 0 amide bonds. The molecule has 2 nitrogen and oxygen atoms in total. The minimum Gasteiger partial charge on any atom is -0.344 e. The second-order valence-corrected chi connectivity index (χ2v) is 7.42. The average molecular weight is 332 g/mol. The zero-order chi connectivity index (χ0) is 17.4. The topological polar surface area (TPSA) is 8.17 Å². The van der Waals surface area contributed by atoms with Gasteiger partial charge >= 0.3 is 0 Å². The van der Waals surface area contributed by atoms with E-state index < -0.39 is 0 Å². The largest absolute Gasteiger partial charge is 0.344 e. The van der Waals surface area contributed by atoms with E-state index in [1.165, 1.54) is 28.5 Å². The summed E-state index contributed by atoms with van der Waals surface area (Å²) in [6.07, 6.45) is 3.43. The highest BCUT2D eigenvalue weighted by molar-refractivity contribution is 5.87. The molecule has 0 bridgehead atoms. The molecule has 4 rings (SSSR count). The van der Waals surface area contributed by atoms with Crippen LogP contribution in [0.4, 0.5) is 0 Å². The SMILES string of the molecule is CCC1c2c(n(CCc3ccccc3)c3ccc(C)cc23)CCN1C. The Hall–Kier alpha value is -2.06. The molecule has 3 aromatic rings. The monoisotopic (exact) mass is 332 g/mol. The summed E-state index contributed by atoms with van der Waals surface area (Å²) in [5.41, 5.74) is 7.36. The van der Waals surface area contributed by atoms with Crippen LogP contribution in [-0.2, 0) is 19.4 Å². The molecule has 25 heavy (non-hydrogen) atoms. The number of likely N-dealkylation sites (N-methyl/N-ethyl adjacent to an activating group) is 1. The van der Waals surface area contributed by atoms with Crippen molar-refractivity contribution in [3.05, 3.63) is 70.9 Å². The Labute approximate surface area is 151 Å². The van der Waals surface area contributed by atoms with Gasteiger partial charge in [0.05, 0.1) is 0 Å². The average Bonchev–Trinajstić information content (AvgIpc) is 2.94. The van der Waals surface area contributed by atoms with Gasteiger partial charge in [-0.15, -0.1) is 0 Å². The van der Waals surface area contributed by atoms with Gasteiger partial charge in [0, 0.05) is 42.1 Å². The summed E-state index contributed by atoms with van der Waals surface area (Å²) in [5, 5.41) is 1.47. The van der Waals surface area contributed by atoms with Crippen molar-refractivity contribution in [1.82, 2.24) is 9.47 Å². The Morgan fingerprint density at radius 2 is 1.88 bits per heavy atom. The molecular formula is C23H28N2. The first-order valence-electron chi connectivity index (χ1n) is 9.54. The van der Waals surface area contributed by atoms with E-state index in [0.29, 0.717) is 6.04 Å². The van der Waals surface area contributed by atoms with Crippen LogP contribution in [0.2, 0.25) is 0 Å². The standard InChI is InChI=1S/C23H28N2/c1-4-20-23-19-16-17(2)10-11-21(19)25(22(23)13-14-24(20)3)15-12-18-8-6-5-7-9-18/h5-11,16,20H,4,12-15H2,1-3H3. The van der Waals surface area contributed by atoms with Gasteiger partial charge in [0.2, 0.25) is 0 Å². The summed E-state index contributed by atoms with van der Waals surface area (Å²) in [6.45, 7) is 6.76. The van der Waals surface area contributed by atoms with Crippen molar-refractivity contribution in [1.29, 1.82) is 0 Å². The number of hydrogen-bond donors (Lipinski definition) is 0. The molecular weight excluding hydrogens is 304 g/mol. The van der Waals surface area contributed by atoms with Gasteiger partial charge in [0.25, 0.3) is 0 Å². The van der Waals surface area contributed by atoms with Crippen molar-refractivity contribution in [2.45, 2.75) is 45.7 Å².